The van der Waals surface area contributed by atoms with Gasteiger partial charge in [-0.15, -0.1) is 0 Å². The normalized spacial score (nSPS) is 9.67. The first-order chi connectivity index (χ1) is 5.97. The largest absolute Gasteiger partial charge is 0.265 e. The third kappa shape index (κ3) is 1.32. The zero-order chi connectivity index (χ0) is 8.23. The maximum absolute atomic E-state index is 3.95. The molecule has 1 radical (unpaired) electrons. The van der Waals surface area contributed by atoms with E-state index >= 15 is 0 Å². The fourth-order valence-electron chi connectivity index (χ4n) is 1.04. The van der Waals surface area contributed by atoms with Crippen LogP contribution >= 0.6 is 0 Å². The number of nitrogens with zero attached hydrogens (tertiary/aromatic N) is 2. The Labute approximate surface area is 70.9 Å². The molecule has 0 N–H and O–H groups in total. The molecular formula is C10H7N2. The highest BCUT2D eigenvalue weighted by atomic mass is 14.6. The lowest BCUT2D eigenvalue weighted by Crippen LogP contribution is -1.78. The second-order valence-electron chi connectivity index (χ2n) is 2.41. The summed E-state index contributed by atoms with van der Waals surface area (Å²) in [5, 5.41) is 0. The Kier molecular flexibility index (Phi) is 1.82. The molecule has 2 heteroatoms. The van der Waals surface area contributed by atoms with Crippen LogP contribution in [0.3, 0.4) is 0 Å². The van der Waals surface area contributed by atoms with Gasteiger partial charge in [-0.3, -0.25) is 9.97 Å². The summed E-state index contributed by atoms with van der Waals surface area (Å²) in [6.07, 6.45) is 8.07. The summed E-state index contributed by atoms with van der Waals surface area (Å²) >= 11 is 0. The second kappa shape index (κ2) is 3.13. The van der Waals surface area contributed by atoms with Crippen molar-refractivity contribution in [3.05, 3.63) is 49.1 Å². The van der Waals surface area contributed by atoms with Gasteiger partial charge in [0.15, 0.2) is 0 Å². The van der Waals surface area contributed by atoms with Crippen LogP contribution in [0.15, 0.2) is 42.9 Å². The first-order valence-corrected chi connectivity index (χ1v) is 3.69. The van der Waals surface area contributed by atoms with Gasteiger partial charge in [0.1, 0.15) is 0 Å². The summed E-state index contributed by atoms with van der Waals surface area (Å²) in [5.74, 6) is 0. The molecule has 2 rings (SSSR count). The number of hydrogen-bond acceptors (Lipinski definition) is 2. The third-order valence-corrected chi connectivity index (χ3v) is 1.64. The predicted molar refractivity (Wildman–Crippen MR) is 46.3 cm³/mol. The average Bonchev–Trinajstić information content (AvgIpc) is 2.21. The van der Waals surface area contributed by atoms with Crippen molar-refractivity contribution in [2.75, 3.05) is 0 Å². The molecule has 12 heavy (non-hydrogen) atoms. The molecule has 57 valence electrons. The molecular weight excluding hydrogens is 148 g/mol. The van der Waals surface area contributed by atoms with E-state index in [9.17, 15) is 0 Å². The zero-order valence-electron chi connectivity index (χ0n) is 6.44. The Morgan fingerprint density at radius 1 is 0.917 bits per heavy atom. The summed E-state index contributed by atoms with van der Waals surface area (Å²) in [6.45, 7) is 0. The zero-order valence-corrected chi connectivity index (χ0v) is 6.44. The molecule has 0 bridgehead atoms. The Morgan fingerprint density at radius 3 is 2.33 bits per heavy atom. The Hall–Kier alpha value is -1.70. The van der Waals surface area contributed by atoms with Gasteiger partial charge in [0.05, 0.1) is 6.20 Å². The number of hydrogen-bond donors (Lipinski definition) is 0. The van der Waals surface area contributed by atoms with E-state index < -0.39 is 0 Å². The molecule has 0 saturated carbocycles. The van der Waals surface area contributed by atoms with E-state index in [1.54, 1.807) is 18.6 Å². The lowest BCUT2D eigenvalue weighted by molar-refractivity contribution is 1.30. The lowest BCUT2D eigenvalue weighted by atomic mass is 10.1. The van der Waals surface area contributed by atoms with Crippen molar-refractivity contribution >= 4 is 0 Å². The summed E-state index contributed by atoms with van der Waals surface area (Å²) in [4.78, 5) is 7.78. The van der Waals surface area contributed by atoms with Gasteiger partial charge in [0.25, 0.3) is 0 Å². The molecule has 0 atom stereocenters. The first kappa shape index (κ1) is 6.98. The van der Waals surface area contributed by atoms with Crippen molar-refractivity contribution in [3.63, 3.8) is 0 Å². The van der Waals surface area contributed by atoms with Gasteiger partial charge in [-0.2, -0.15) is 0 Å². The summed E-state index contributed by atoms with van der Waals surface area (Å²) in [7, 11) is 0. The Bertz CT molecular complexity index is 305. The lowest BCUT2D eigenvalue weighted by Gasteiger charge is -1.97. The van der Waals surface area contributed by atoms with Gasteiger partial charge in [-0.1, -0.05) is 0 Å². The van der Waals surface area contributed by atoms with Crippen molar-refractivity contribution in [2.24, 2.45) is 0 Å². The molecule has 2 aromatic heterocycles. The maximum atomic E-state index is 3.95. The van der Waals surface area contributed by atoms with E-state index in [0.29, 0.717) is 0 Å². The van der Waals surface area contributed by atoms with E-state index in [1.807, 2.05) is 24.3 Å². The molecule has 2 heterocycles. The minimum atomic E-state index is 1.12. The predicted octanol–water partition coefficient (Wildman–Crippen LogP) is 1.94. The molecule has 0 unspecified atom stereocenters. The molecule has 0 aliphatic heterocycles. The van der Waals surface area contributed by atoms with Crippen LogP contribution < -0.4 is 0 Å². The molecule has 0 aliphatic carbocycles. The Morgan fingerprint density at radius 2 is 1.67 bits per heavy atom. The second-order valence-corrected chi connectivity index (χ2v) is 2.41. The highest BCUT2D eigenvalue weighted by Gasteiger charge is 1.93. The van der Waals surface area contributed by atoms with Crippen LogP contribution in [0.2, 0.25) is 0 Å². The fourth-order valence-corrected chi connectivity index (χ4v) is 1.04. The van der Waals surface area contributed by atoms with Gasteiger partial charge in [0, 0.05) is 18.6 Å². The monoisotopic (exact) mass is 155 g/mol. The van der Waals surface area contributed by atoms with E-state index in [-0.39, 0.29) is 0 Å². The molecule has 2 nitrogen and oxygen atoms in total. The van der Waals surface area contributed by atoms with Crippen molar-refractivity contribution in [1.82, 2.24) is 9.97 Å². The van der Waals surface area contributed by atoms with Crippen LogP contribution in [-0.2, 0) is 0 Å². The number of pyridine rings is 2. The van der Waals surface area contributed by atoms with Crippen molar-refractivity contribution in [1.29, 1.82) is 0 Å². The molecule has 2 aromatic rings. The van der Waals surface area contributed by atoms with Crippen LogP contribution in [0.25, 0.3) is 11.1 Å². The van der Waals surface area contributed by atoms with Gasteiger partial charge >= 0.3 is 0 Å². The average molecular weight is 155 g/mol. The summed E-state index contributed by atoms with van der Waals surface area (Å²) < 4.78 is 0. The van der Waals surface area contributed by atoms with Crippen LogP contribution in [0.1, 0.15) is 0 Å². The molecule has 0 aromatic carbocycles. The molecule has 0 fully saturated rings. The van der Waals surface area contributed by atoms with E-state index in [1.165, 1.54) is 0 Å². The quantitative estimate of drug-likeness (QED) is 0.629. The minimum absolute atomic E-state index is 1.12. The van der Waals surface area contributed by atoms with E-state index in [4.69, 9.17) is 0 Å². The van der Waals surface area contributed by atoms with Crippen LogP contribution in [-0.4, -0.2) is 9.97 Å². The van der Waals surface area contributed by atoms with Crippen molar-refractivity contribution < 1.29 is 0 Å². The van der Waals surface area contributed by atoms with Gasteiger partial charge in [-0.05, 0) is 35.4 Å². The highest BCUT2D eigenvalue weighted by Crippen LogP contribution is 2.15. The van der Waals surface area contributed by atoms with E-state index in [0.717, 1.165) is 11.1 Å². The SMILES string of the molecule is [c]1cc(-c2ccncc2)ccn1. The standard InChI is InChI=1S/C10H7N2/c1-5-11-6-2-9(1)10-3-7-12-8-4-10/h1-7H. The third-order valence-electron chi connectivity index (χ3n) is 1.64. The maximum Gasteiger partial charge on any atom is 0.0892 e. The number of rotatable bonds is 1. The molecule has 0 spiro atoms. The van der Waals surface area contributed by atoms with Gasteiger partial charge < -0.3 is 0 Å². The minimum Gasteiger partial charge on any atom is -0.265 e. The summed E-state index contributed by atoms with van der Waals surface area (Å²) in [6, 6.07) is 7.73. The van der Waals surface area contributed by atoms with Crippen LogP contribution in [0, 0.1) is 6.20 Å². The molecule has 0 amide bonds. The van der Waals surface area contributed by atoms with Crippen molar-refractivity contribution in [2.45, 2.75) is 0 Å². The highest BCUT2D eigenvalue weighted by molar-refractivity contribution is 5.61. The van der Waals surface area contributed by atoms with Gasteiger partial charge in [-0.25, -0.2) is 0 Å². The fraction of sp³-hybridized carbons (Fsp3) is 0. The molecule has 0 saturated heterocycles. The number of aromatic nitrogens is 2. The first-order valence-electron chi connectivity index (χ1n) is 3.69. The van der Waals surface area contributed by atoms with Crippen LogP contribution in [0.5, 0.6) is 0 Å². The molecule has 0 aliphatic rings. The summed E-state index contributed by atoms with van der Waals surface area (Å²) in [5.41, 5.74) is 2.26. The Balaban J connectivity index is 2.46. The smallest absolute Gasteiger partial charge is 0.0892 e. The van der Waals surface area contributed by atoms with Crippen molar-refractivity contribution in [3.8, 4) is 11.1 Å². The van der Waals surface area contributed by atoms with E-state index in [2.05, 4.69) is 16.2 Å². The van der Waals surface area contributed by atoms with Gasteiger partial charge in [0.2, 0.25) is 0 Å². The topological polar surface area (TPSA) is 25.8 Å². The van der Waals surface area contributed by atoms with Crippen LogP contribution in [0.4, 0.5) is 0 Å².